The number of hydrazine groups is 2. The lowest BCUT2D eigenvalue weighted by atomic mass is 10.1. The van der Waals surface area contributed by atoms with Gasteiger partial charge in [-0.2, -0.15) is 0 Å². The molecule has 2 aromatic rings. The molecule has 0 aromatic heterocycles. The van der Waals surface area contributed by atoms with Crippen LogP contribution in [-0.2, 0) is 19.2 Å². The van der Waals surface area contributed by atoms with Crippen LogP contribution in [0.15, 0.2) is 48.6 Å². The van der Waals surface area contributed by atoms with Gasteiger partial charge in [-0.15, -0.1) is 0 Å². The van der Waals surface area contributed by atoms with Gasteiger partial charge in [-0.25, -0.2) is 10.9 Å². The van der Waals surface area contributed by atoms with Crippen LogP contribution in [0.1, 0.15) is 17.5 Å². The molecule has 0 fully saturated rings. The van der Waals surface area contributed by atoms with Crippen LogP contribution in [0.5, 0.6) is 23.0 Å². The third-order valence-corrected chi connectivity index (χ3v) is 4.59. The minimum absolute atomic E-state index is 0.177. The summed E-state index contributed by atoms with van der Waals surface area (Å²) in [7, 11) is 2.82. The summed E-state index contributed by atoms with van der Waals surface area (Å²) >= 11 is 0. The summed E-state index contributed by atoms with van der Waals surface area (Å²) in [6.07, 6.45) is 5.23. The third-order valence-electron chi connectivity index (χ3n) is 4.59. The van der Waals surface area contributed by atoms with E-state index in [4.69, 9.17) is 30.6 Å². The molecule has 2 rings (SSSR count). The lowest BCUT2D eigenvalue weighted by molar-refractivity contribution is -0.134. The van der Waals surface area contributed by atoms with Crippen LogP contribution in [0.2, 0.25) is 0 Å². The number of hydrogen-bond donors (Lipinski definition) is 4. The first-order chi connectivity index (χ1) is 17.8. The monoisotopic (exact) mass is 512 g/mol. The van der Waals surface area contributed by atoms with Gasteiger partial charge in [0.1, 0.15) is 13.1 Å². The summed E-state index contributed by atoms with van der Waals surface area (Å²) in [5, 5.41) is 0. The molecule has 12 nitrogen and oxygen atoms in total. The summed E-state index contributed by atoms with van der Waals surface area (Å²) in [6, 6.07) is 9.41. The van der Waals surface area contributed by atoms with Gasteiger partial charge in [0.2, 0.25) is 0 Å². The highest BCUT2D eigenvalue weighted by Crippen LogP contribution is 2.29. The molecule has 0 aliphatic rings. The van der Waals surface area contributed by atoms with Gasteiger partial charge in [-0.3, -0.25) is 30.9 Å². The lowest BCUT2D eigenvalue weighted by Gasteiger charge is -2.09. The highest BCUT2D eigenvalue weighted by atomic mass is 16.6. The maximum Gasteiger partial charge on any atom is 0.326 e. The predicted molar refractivity (Wildman–Crippen MR) is 134 cm³/mol. The summed E-state index contributed by atoms with van der Waals surface area (Å²) in [6.45, 7) is -0.355. The molecule has 12 heteroatoms. The maximum atomic E-state index is 12.2. The number of allylic oxidation sites excluding steroid dienone is 2. The van der Waals surface area contributed by atoms with Crippen LogP contribution in [0.4, 0.5) is 0 Å². The number of ether oxygens (including phenoxy) is 4. The summed E-state index contributed by atoms with van der Waals surface area (Å²) in [4.78, 5) is 47.6. The largest absolute Gasteiger partial charge is 0.493 e. The van der Waals surface area contributed by atoms with E-state index in [1.54, 1.807) is 24.3 Å². The molecule has 0 saturated heterocycles. The molecule has 0 aliphatic carbocycles. The van der Waals surface area contributed by atoms with Crippen LogP contribution < -0.4 is 41.5 Å². The highest BCUT2D eigenvalue weighted by molar-refractivity contribution is 6.10. The van der Waals surface area contributed by atoms with E-state index in [0.717, 1.165) is 0 Å². The van der Waals surface area contributed by atoms with Gasteiger partial charge in [-0.1, -0.05) is 24.3 Å². The van der Waals surface area contributed by atoms with Crippen molar-refractivity contribution in [3.05, 3.63) is 59.7 Å². The number of methoxy groups -OCH3 is 2. The van der Waals surface area contributed by atoms with E-state index in [-0.39, 0.29) is 42.5 Å². The predicted octanol–water partition coefficient (Wildman–Crippen LogP) is 0.696. The van der Waals surface area contributed by atoms with Crippen LogP contribution in [0.25, 0.3) is 12.2 Å². The first-order valence-corrected chi connectivity index (χ1v) is 10.9. The van der Waals surface area contributed by atoms with Crippen molar-refractivity contribution in [3.8, 4) is 23.0 Å². The molecule has 0 saturated carbocycles. The molecule has 196 valence electrons. The number of hydrogen-bond acceptors (Lipinski definition) is 12. The Kier molecular flexibility index (Phi) is 11.6. The van der Waals surface area contributed by atoms with Crippen molar-refractivity contribution in [1.82, 2.24) is 10.9 Å². The first kappa shape index (κ1) is 28.9. The minimum atomic E-state index is -0.594. The van der Waals surface area contributed by atoms with Crippen LogP contribution in [0, 0.1) is 0 Å². The fraction of sp³-hybridized carbons (Fsp3) is 0.200. The molecule has 6 N–H and O–H groups in total. The summed E-state index contributed by atoms with van der Waals surface area (Å²) in [5.41, 5.74) is 5.59. The van der Waals surface area contributed by atoms with Gasteiger partial charge in [-0.05, 0) is 47.5 Å². The molecular weight excluding hydrogens is 484 g/mol. The van der Waals surface area contributed by atoms with Gasteiger partial charge in [0.25, 0.3) is 0 Å². The van der Waals surface area contributed by atoms with E-state index in [2.05, 4.69) is 10.9 Å². The second-order valence-corrected chi connectivity index (χ2v) is 7.31. The average Bonchev–Trinajstić information content (AvgIpc) is 2.87. The zero-order valence-corrected chi connectivity index (χ0v) is 20.3. The Balaban J connectivity index is 1.98. The first-order valence-electron chi connectivity index (χ1n) is 10.9. The van der Waals surface area contributed by atoms with E-state index in [1.165, 1.54) is 50.7 Å². The molecule has 0 aliphatic heterocycles. The van der Waals surface area contributed by atoms with Gasteiger partial charge >= 0.3 is 11.9 Å². The number of esters is 2. The number of benzene rings is 2. The van der Waals surface area contributed by atoms with E-state index >= 15 is 0 Å². The second kappa shape index (κ2) is 14.9. The molecule has 0 radical (unpaired) electrons. The van der Waals surface area contributed by atoms with Crippen LogP contribution in [-0.4, -0.2) is 50.8 Å². The molecule has 0 unspecified atom stereocenters. The number of nitrogens with two attached hydrogens (primary N) is 2. The van der Waals surface area contributed by atoms with E-state index in [0.29, 0.717) is 11.1 Å². The molecule has 0 atom stereocenters. The third kappa shape index (κ3) is 9.66. The van der Waals surface area contributed by atoms with Crippen molar-refractivity contribution in [2.45, 2.75) is 6.42 Å². The Morgan fingerprint density at radius 1 is 0.703 bits per heavy atom. The Hall–Kier alpha value is -4.36. The number of rotatable bonds is 14. The summed E-state index contributed by atoms with van der Waals surface area (Å²) < 4.78 is 20.7. The Labute approximate surface area is 213 Å². The van der Waals surface area contributed by atoms with Crippen molar-refractivity contribution in [1.29, 1.82) is 0 Å². The Bertz CT molecular complexity index is 1100. The van der Waals surface area contributed by atoms with Crippen LogP contribution >= 0.6 is 0 Å². The molecular formula is C25H28N4O8. The molecule has 37 heavy (non-hydrogen) atoms. The van der Waals surface area contributed by atoms with Gasteiger partial charge in [0.15, 0.2) is 34.6 Å². The number of carbonyl (C=O) groups is 4. The molecule has 0 amide bonds. The van der Waals surface area contributed by atoms with Gasteiger partial charge in [0, 0.05) is 0 Å². The number of ketones is 2. The Morgan fingerprint density at radius 3 is 1.46 bits per heavy atom. The standard InChI is InChI=1S/C25H28N4O8/c1-34-22-11-16(5-9-20(22)36-24(32)14-28-26)3-7-18(30)13-19(31)8-4-17-6-10-21(23(12-17)35-2)37-25(33)15-29-27/h3-12,28-29H,13-15,26-27H2,1-2H3/b7-3+,8-4+. The topological polar surface area (TPSA) is 181 Å². The van der Waals surface area contributed by atoms with Crippen molar-refractivity contribution in [2.75, 3.05) is 27.3 Å². The highest BCUT2D eigenvalue weighted by Gasteiger charge is 2.12. The van der Waals surface area contributed by atoms with E-state index < -0.39 is 23.5 Å². The van der Waals surface area contributed by atoms with Crippen LogP contribution in [0.3, 0.4) is 0 Å². The number of nitrogens with one attached hydrogen (secondary N) is 2. The Morgan fingerprint density at radius 2 is 1.11 bits per heavy atom. The van der Waals surface area contributed by atoms with Crippen molar-refractivity contribution >= 4 is 35.7 Å². The SMILES string of the molecule is COc1cc(/C=C/C(=O)CC(=O)/C=C/c2ccc(OC(=O)CNN)c(OC)c2)ccc1OC(=O)CNN. The zero-order valence-electron chi connectivity index (χ0n) is 20.3. The van der Waals surface area contributed by atoms with Crippen molar-refractivity contribution in [2.24, 2.45) is 11.7 Å². The smallest absolute Gasteiger partial charge is 0.326 e. The van der Waals surface area contributed by atoms with Crippen molar-refractivity contribution < 1.29 is 38.1 Å². The molecule has 2 aromatic carbocycles. The van der Waals surface area contributed by atoms with Crippen molar-refractivity contribution in [3.63, 3.8) is 0 Å². The maximum absolute atomic E-state index is 12.2. The van der Waals surface area contributed by atoms with Gasteiger partial charge in [0.05, 0.1) is 20.6 Å². The summed E-state index contributed by atoms with van der Waals surface area (Å²) in [5.74, 6) is 9.14. The molecule has 0 spiro atoms. The quantitative estimate of drug-likeness (QED) is 0.0695. The fourth-order valence-corrected chi connectivity index (χ4v) is 2.90. The number of carbonyl (C=O) groups excluding carboxylic acids is 4. The normalized spacial score (nSPS) is 10.9. The van der Waals surface area contributed by atoms with Gasteiger partial charge < -0.3 is 18.9 Å². The van der Waals surface area contributed by atoms with E-state index in [1.807, 2.05) is 0 Å². The minimum Gasteiger partial charge on any atom is -0.493 e. The molecule has 0 heterocycles. The lowest BCUT2D eigenvalue weighted by Crippen LogP contribution is -2.31. The fourth-order valence-electron chi connectivity index (χ4n) is 2.90. The average molecular weight is 513 g/mol. The molecule has 0 bridgehead atoms. The van der Waals surface area contributed by atoms with E-state index in [9.17, 15) is 19.2 Å². The zero-order chi connectivity index (χ0) is 27.2. The second-order valence-electron chi connectivity index (χ2n) is 7.31.